The van der Waals surface area contributed by atoms with E-state index >= 15 is 0 Å². The van der Waals surface area contributed by atoms with Crippen LogP contribution in [-0.4, -0.2) is 13.6 Å². The summed E-state index contributed by atoms with van der Waals surface area (Å²) < 4.78 is 0. The van der Waals surface area contributed by atoms with Crippen molar-refractivity contribution in [3.8, 4) is 0 Å². The quantitative estimate of drug-likeness (QED) is 0.756. The predicted octanol–water partition coefficient (Wildman–Crippen LogP) is 4.54. The van der Waals surface area contributed by atoms with Gasteiger partial charge >= 0.3 is 0 Å². The van der Waals surface area contributed by atoms with Crippen molar-refractivity contribution in [2.24, 2.45) is 0 Å². The van der Waals surface area contributed by atoms with Crippen molar-refractivity contribution in [1.82, 2.24) is 5.32 Å². The molecule has 4 heteroatoms. The third-order valence-corrected chi connectivity index (χ3v) is 4.30. The van der Waals surface area contributed by atoms with Crippen LogP contribution in [0.4, 0.5) is 5.69 Å². The molecule has 1 aromatic carbocycles. The Labute approximate surface area is 130 Å². The fraction of sp³-hybridized carbons (Fsp3) is 0.375. The van der Waals surface area contributed by atoms with E-state index in [-0.39, 0.29) is 0 Å². The molecule has 108 valence electrons. The number of benzene rings is 1. The van der Waals surface area contributed by atoms with Crippen LogP contribution in [0.2, 0.25) is 5.02 Å². The SMILES string of the molecule is CCCNCc1ccc(N(C)Cc2ccsc2)cc1Cl. The Kier molecular flexibility index (Phi) is 5.89. The minimum Gasteiger partial charge on any atom is -0.370 e. The highest BCUT2D eigenvalue weighted by atomic mass is 35.5. The van der Waals surface area contributed by atoms with Crippen LogP contribution >= 0.6 is 22.9 Å². The highest BCUT2D eigenvalue weighted by molar-refractivity contribution is 7.07. The van der Waals surface area contributed by atoms with E-state index in [0.29, 0.717) is 0 Å². The largest absolute Gasteiger partial charge is 0.370 e. The van der Waals surface area contributed by atoms with Gasteiger partial charge in [-0.15, -0.1) is 0 Å². The fourth-order valence-corrected chi connectivity index (χ4v) is 2.97. The lowest BCUT2D eigenvalue weighted by Crippen LogP contribution is -2.17. The molecule has 0 fully saturated rings. The number of rotatable bonds is 7. The average Bonchev–Trinajstić information content (AvgIpc) is 2.93. The molecule has 20 heavy (non-hydrogen) atoms. The Balaban J connectivity index is 2.00. The first-order valence-corrected chi connectivity index (χ1v) is 8.24. The molecule has 0 amide bonds. The van der Waals surface area contributed by atoms with E-state index in [1.54, 1.807) is 11.3 Å². The van der Waals surface area contributed by atoms with E-state index in [1.807, 2.05) is 0 Å². The van der Waals surface area contributed by atoms with Gasteiger partial charge in [0.25, 0.3) is 0 Å². The molecule has 0 radical (unpaired) electrons. The number of nitrogens with zero attached hydrogens (tertiary/aromatic N) is 1. The third kappa shape index (κ3) is 4.23. The molecule has 0 bridgehead atoms. The van der Waals surface area contributed by atoms with Crippen LogP contribution in [0.25, 0.3) is 0 Å². The van der Waals surface area contributed by atoms with Crippen molar-refractivity contribution in [3.05, 3.63) is 51.2 Å². The zero-order valence-corrected chi connectivity index (χ0v) is 13.6. The van der Waals surface area contributed by atoms with Crippen molar-refractivity contribution in [2.45, 2.75) is 26.4 Å². The van der Waals surface area contributed by atoms with Gasteiger partial charge in [0.2, 0.25) is 0 Å². The Morgan fingerprint density at radius 1 is 1.30 bits per heavy atom. The molecule has 0 spiro atoms. The first kappa shape index (κ1) is 15.4. The topological polar surface area (TPSA) is 15.3 Å². The van der Waals surface area contributed by atoms with Crippen LogP contribution in [0.15, 0.2) is 35.0 Å². The minimum absolute atomic E-state index is 0.835. The van der Waals surface area contributed by atoms with E-state index in [2.05, 4.69) is 59.2 Å². The lowest BCUT2D eigenvalue weighted by atomic mass is 10.2. The van der Waals surface area contributed by atoms with Crippen LogP contribution < -0.4 is 10.2 Å². The van der Waals surface area contributed by atoms with E-state index in [0.717, 1.165) is 42.3 Å². The van der Waals surface area contributed by atoms with Gasteiger partial charge in [0.1, 0.15) is 0 Å². The number of hydrogen-bond acceptors (Lipinski definition) is 3. The van der Waals surface area contributed by atoms with Gasteiger partial charge in [-0.1, -0.05) is 24.6 Å². The average molecular weight is 309 g/mol. The lowest BCUT2D eigenvalue weighted by Gasteiger charge is -2.20. The molecular weight excluding hydrogens is 288 g/mol. The number of anilines is 1. The maximum atomic E-state index is 6.37. The molecule has 0 aliphatic rings. The maximum absolute atomic E-state index is 6.37. The smallest absolute Gasteiger partial charge is 0.0471 e. The summed E-state index contributed by atoms with van der Waals surface area (Å²) in [6.45, 7) is 4.93. The third-order valence-electron chi connectivity index (χ3n) is 3.22. The second kappa shape index (κ2) is 7.67. The fourth-order valence-electron chi connectivity index (χ4n) is 2.06. The van der Waals surface area contributed by atoms with Gasteiger partial charge in [-0.25, -0.2) is 0 Å². The molecular formula is C16H21ClN2S. The van der Waals surface area contributed by atoms with E-state index < -0.39 is 0 Å². The first-order valence-electron chi connectivity index (χ1n) is 6.92. The predicted molar refractivity (Wildman–Crippen MR) is 89.9 cm³/mol. The maximum Gasteiger partial charge on any atom is 0.0471 e. The molecule has 0 unspecified atom stereocenters. The van der Waals surface area contributed by atoms with Crippen molar-refractivity contribution in [2.75, 3.05) is 18.5 Å². The first-order chi connectivity index (χ1) is 9.70. The lowest BCUT2D eigenvalue weighted by molar-refractivity contribution is 0.675. The highest BCUT2D eigenvalue weighted by Gasteiger charge is 2.06. The van der Waals surface area contributed by atoms with Crippen LogP contribution in [0.3, 0.4) is 0 Å². The molecule has 2 aromatic rings. The van der Waals surface area contributed by atoms with Gasteiger partial charge < -0.3 is 10.2 Å². The molecule has 0 aliphatic carbocycles. The second-order valence-electron chi connectivity index (χ2n) is 4.94. The molecule has 1 aromatic heterocycles. The zero-order valence-electron chi connectivity index (χ0n) is 12.0. The van der Waals surface area contributed by atoms with Crippen molar-refractivity contribution < 1.29 is 0 Å². The Bertz CT molecular complexity index is 525. The second-order valence-corrected chi connectivity index (χ2v) is 6.13. The Morgan fingerprint density at radius 2 is 2.15 bits per heavy atom. The van der Waals surface area contributed by atoms with E-state index in [4.69, 9.17) is 11.6 Å². The Morgan fingerprint density at radius 3 is 2.80 bits per heavy atom. The Hall–Kier alpha value is -1.03. The summed E-state index contributed by atoms with van der Waals surface area (Å²) in [5.41, 5.74) is 3.65. The number of hydrogen-bond donors (Lipinski definition) is 1. The van der Waals surface area contributed by atoms with Gasteiger partial charge in [0, 0.05) is 30.8 Å². The summed E-state index contributed by atoms with van der Waals surface area (Å²) in [6, 6.07) is 8.47. The van der Waals surface area contributed by atoms with E-state index in [9.17, 15) is 0 Å². The molecule has 0 aliphatic heterocycles. The van der Waals surface area contributed by atoms with Gasteiger partial charge in [-0.05, 0) is 53.1 Å². The summed E-state index contributed by atoms with van der Waals surface area (Å²) in [7, 11) is 2.10. The minimum atomic E-state index is 0.835. The monoisotopic (exact) mass is 308 g/mol. The summed E-state index contributed by atoms with van der Waals surface area (Å²) in [5.74, 6) is 0. The summed E-state index contributed by atoms with van der Waals surface area (Å²) in [6.07, 6.45) is 1.14. The van der Waals surface area contributed by atoms with Crippen molar-refractivity contribution in [1.29, 1.82) is 0 Å². The molecule has 2 rings (SSSR count). The van der Waals surface area contributed by atoms with Crippen LogP contribution in [0.1, 0.15) is 24.5 Å². The molecule has 2 nitrogen and oxygen atoms in total. The molecule has 0 atom stereocenters. The van der Waals surface area contributed by atoms with Gasteiger partial charge in [0.05, 0.1) is 0 Å². The number of nitrogens with one attached hydrogen (secondary N) is 1. The van der Waals surface area contributed by atoms with Crippen molar-refractivity contribution >= 4 is 28.6 Å². The van der Waals surface area contributed by atoms with Crippen LogP contribution in [-0.2, 0) is 13.1 Å². The zero-order chi connectivity index (χ0) is 14.4. The highest BCUT2D eigenvalue weighted by Crippen LogP contribution is 2.24. The molecule has 1 N–H and O–H groups in total. The number of halogens is 1. The standard InChI is InChI=1S/C16H21ClN2S/c1-3-7-18-10-14-4-5-15(9-16(14)17)19(2)11-13-6-8-20-12-13/h4-6,8-9,12,18H,3,7,10-11H2,1-2H3. The molecule has 1 heterocycles. The van der Waals surface area contributed by atoms with Gasteiger partial charge in [0.15, 0.2) is 0 Å². The van der Waals surface area contributed by atoms with Crippen LogP contribution in [0.5, 0.6) is 0 Å². The normalized spacial score (nSPS) is 10.8. The molecule has 0 saturated carbocycles. The van der Waals surface area contributed by atoms with Crippen molar-refractivity contribution in [3.63, 3.8) is 0 Å². The van der Waals surface area contributed by atoms with E-state index in [1.165, 1.54) is 5.56 Å². The summed E-state index contributed by atoms with van der Waals surface area (Å²) in [5, 5.41) is 8.51. The summed E-state index contributed by atoms with van der Waals surface area (Å²) in [4.78, 5) is 2.22. The van der Waals surface area contributed by atoms with Gasteiger partial charge in [-0.2, -0.15) is 11.3 Å². The van der Waals surface area contributed by atoms with Crippen LogP contribution in [0, 0.1) is 0 Å². The number of thiophene rings is 1. The summed E-state index contributed by atoms with van der Waals surface area (Å²) >= 11 is 8.10. The molecule has 0 saturated heterocycles. The van der Waals surface area contributed by atoms with Gasteiger partial charge in [-0.3, -0.25) is 0 Å².